The van der Waals surface area contributed by atoms with E-state index in [2.05, 4.69) is 9.59 Å². The van der Waals surface area contributed by atoms with E-state index in [1.807, 2.05) is 5.38 Å². The number of hydrogen-bond donors (Lipinski definition) is 1. The van der Waals surface area contributed by atoms with E-state index in [-0.39, 0.29) is 6.04 Å². The first-order valence-electron chi connectivity index (χ1n) is 2.86. The fourth-order valence-corrected chi connectivity index (χ4v) is 1.12. The smallest absolute Gasteiger partial charge is 0.0946 e. The van der Waals surface area contributed by atoms with Gasteiger partial charge in [-0.2, -0.15) is 0 Å². The Kier molecular flexibility index (Phi) is 2.73. The summed E-state index contributed by atoms with van der Waals surface area (Å²) in [5.74, 6) is 0. The molecule has 0 aromatic carbocycles. The van der Waals surface area contributed by atoms with E-state index < -0.39 is 0 Å². The van der Waals surface area contributed by atoms with Gasteiger partial charge in [0.15, 0.2) is 0 Å². The molecule has 1 atom stereocenters. The molecule has 0 aliphatic carbocycles. The summed E-state index contributed by atoms with van der Waals surface area (Å²) < 4.78 is 8.52. The molecular formula is C5H9N3OS. The highest BCUT2D eigenvalue weighted by atomic mass is 32.1. The van der Waals surface area contributed by atoms with Crippen LogP contribution in [0.15, 0.2) is 5.38 Å². The summed E-state index contributed by atoms with van der Waals surface area (Å²) >= 11 is 1.30. The summed E-state index contributed by atoms with van der Waals surface area (Å²) in [4.78, 5) is 0. The van der Waals surface area contributed by atoms with E-state index in [9.17, 15) is 0 Å². The molecule has 1 aromatic rings. The van der Waals surface area contributed by atoms with Crippen LogP contribution in [0, 0.1) is 0 Å². The van der Waals surface area contributed by atoms with Crippen molar-refractivity contribution in [2.75, 3.05) is 13.7 Å². The summed E-state index contributed by atoms with van der Waals surface area (Å²) in [6.07, 6.45) is 0. The normalized spacial score (nSPS) is 13.4. The zero-order valence-electron chi connectivity index (χ0n) is 5.65. The third-order valence-corrected chi connectivity index (χ3v) is 1.63. The topological polar surface area (TPSA) is 61.0 Å². The minimum absolute atomic E-state index is 0.135. The summed E-state index contributed by atoms with van der Waals surface area (Å²) in [5.41, 5.74) is 6.43. The summed E-state index contributed by atoms with van der Waals surface area (Å²) in [6.45, 7) is 0.491. The van der Waals surface area contributed by atoms with Gasteiger partial charge in [0.25, 0.3) is 0 Å². The van der Waals surface area contributed by atoms with E-state index in [1.54, 1.807) is 7.11 Å². The molecule has 1 aromatic heterocycles. The lowest BCUT2D eigenvalue weighted by Crippen LogP contribution is -2.16. The summed E-state index contributed by atoms with van der Waals surface area (Å²) in [7, 11) is 1.61. The highest BCUT2D eigenvalue weighted by molar-refractivity contribution is 7.03. The van der Waals surface area contributed by atoms with E-state index >= 15 is 0 Å². The van der Waals surface area contributed by atoms with Gasteiger partial charge in [-0.05, 0) is 11.5 Å². The van der Waals surface area contributed by atoms with Crippen molar-refractivity contribution in [2.24, 2.45) is 5.73 Å². The number of aromatic nitrogens is 2. The van der Waals surface area contributed by atoms with Crippen LogP contribution in [-0.4, -0.2) is 23.3 Å². The molecule has 0 bridgehead atoms. The van der Waals surface area contributed by atoms with Crippen LogP contribution in [0.4, 0.5) is 0 Å². The highest BCUT2D eigenvalue weighted by Crippen LogP contribution is 2.07. The van der Waals surface area contributed by atoms with Crippen molar-refractivity contribution in [3.63, 3.8) is 0 Å². The second kappa shape index (κ2) is 3.60. The molecule has 1 heterocycles. The van der Waals surface area contributed by atoms with Gasteiger partial charge in [0.05, 0.1) is 18.3 Å². The Labute approximate surface area is 63.2 Å². The first-order chi connectivity index (χ1) is 4.84. The first kappa shape index (κ1) is 7.59. The van der Waals surface area contributed by atoms with Crippen molar-refractivity contribution in [2.45, 2.75) is 6.04 Å². The van der Waals surface area contributed by atoms with Gasteiger partial charge >= 0.3 is 0 Å². The molecule has 0 fully saturated rings. The Hall–Kier alpha value is -0.520. The lowest BCUT2D eigenvalue weighted by molar-refractivity contribution is 0.179. The number of rotatable bonds is 3. The molecule has 0 saturated carbocycles. The molecule has 0 aliphatic heterocycles. The van der Waals surface area contributed by atoms with Crippen LogP contribution in [0.5, 0.6) is 0 Å². The predicted molar refractivity (Wildman–Crippen MR) is 38.7 cm³/mol. The third kappa shape index (κ3) is 1.73. The molecule has 1 rings (SSSR count). The van der Waals surface area contributed by atoms with Crippen LogP contribution < -0.4 is 5.73 Å². The summed E-state index contributed by atoms with van der Waals surface area (Å²) in [5, 5.41) is 5.62. The first-order valence-corrected chi connectivity index (χ1v) is 3.69. The molecule has 0 saturated heterocycles. The van der Waals surface area contributed by atoms with Crippen LogP contribution in [0.3, 0.4) is 0 Å². The molecule has 4 nitrogen and oxygen atoms in total. The van der Waals surface area contributed by atoms with Gasteiger partial charge in [-0.15, -0.1) is 5.10 Å². The second-order valence-corrected chi connectivity index (χ2v) is 2.50. The number of nitrogens with zero attached hydrogens (tertiary/aromatic N) is 2. The monoisotopic (exact) mass is 159 g/mol. The molecular weight excluding hydrogens is 150 g/mol. The number of ether oxygens (including phenoxy) is 1. The summed E-state index contributed by atoms with van der Waals surface area (Å²) in [6, 6.07) is -0.135. The van der Waals surface area contributed by atoms with Gasteiger partial charge in [0, 0.05) is 12.5 Å². The molecule has 56 valence electrons. The Bertz CT molecular complexity index is 177. The number of nitrogens with two attached hydrogens (primary N) is 1. The average Bonchev–Trinajstić information content (AvgIpc) is 2.38. The Morgan fingerprint density at radius 1 is 1.90 bits per heavy atom. The fourth-order valence-electron chi connectivity index (χ4n) is 0.598. The van der Waals surface area contributed by atoms with Crippen LogP contribution in [-0.2, 0) is 4.74 Å². The predicted octanol–water partition coefficient (Wildman–Crippen LogP) is 0.184. The molecule has 5 heteroatoms. The molecule has 0 amide bonds. The van der Waals surface area contributed by atoms with Crippen LogP contribution in [0.2, 0.25) is 0 Å². The second-order valence-electron chi connectivity index (χ2n) is 1.89. The molecule has 2 N–H and O–H groups in total. The van der Waals surface area contributed by atoms with Gasteiger partial charge in [-0.1, -0.05) is 4.49 Å². The van der Waals surface area contributed by atoms with Crippen molar-refractivity contribution < 1.29 is 4.74 Å². The third-order valence-electron chi connectivity index (χ3n) is 1.10. The van der Waals surface area contributed by atoms with Gasteiger partial charge in [0.1, 0.15) is 0 Å². The number of methoxy groups -OCH3 is 1. The molecule has 0 aliphatic rings. The molecule has 0 spiro atoms. The minimum atomic E-state index is -0.135. The van der Waals surface area contributed by atoms with Crippen LogP contribution in [0.1, 0.15) is 11.7 Å². The maximum atomic E-state index is 5.63. The maximum Gasteiger partial charge on any atom is 0.0946 e. The van der Waals surface area contributed by atoms with Crippen molar-refractivity contribution in [3.05, 3.63) is 11.1 Å². The van der Waals surface area contributed by atoms with Crippen molar-refractivity contribution in [3.8, 4) is 0 Å². The van der Waals surface area contributed by atoms with Crippen molar-refractivity contribution in [1.82, 2.24) is 9.59 Å². The Balaban J connectivity index is 2.50. The fraction of sp³-hybridized carbons (Fsp3) is 0.600. The largest absolute Gasteiger partial charge is 0.383 e. The Morgan fingerprint density at radius 2 is 2.70 bits per heavy atom. The Morgan fingerprint density at radius 3 is 3.20 bits per heavy atom. The van der Waals surface area contributed by atoms with Crippen LogP contribution >= 0.6 is 11.5 Å². The lowest BCUT2D eigenvalue weighted by atomic mass is 10.3. The minimum Gasteiger partial charge on any atom is -0.383 e. The lowest BCUT2D eigenvalue weighted by Gasteiger charge is -2.04. The van der Waals surface area contributed by atoms with Gasteiger partial charge in [0.2, 0.25) is 0 Å². The van der Waals surface area contributed by atoms with E-state index in [1.165, 1.54) is 11.5 Å². The van der Waals surface area contributed by atoms with Crippen molar-refractivity contribution in [1.29, 1.82) is 0 Å². The zero-order chi connectivity index (χ0) is 7.40. The highest BCUT2D eigenvalue weighted by Gasteiger charge is 2.06. The van der Waals surface area contributed by atoms with E-state index in [0.29, 0.717) is 6.61 Å². The zero-order valence-corrected chi connectivity index (χ0v) is 6.47. The average molecular weight is 159 g/mol. The molecule has 0 radical (unpaired) electrons. The van der Waals surface area contributed by atoms with Gasteiger partial charge in [-0.3, -0.25) is 0 Å². The van der Waals surface area contributed by atoms with Gasteiger partial charge < -0.3 is 10.5 Å². The molecule has 10 heavy (non-hydrogen) atoms. The van der Waals surface area contributed by atoms with Crippen LogP contribution in [0.25, 0.3) is 0 Å². The van der Waals surface area contributed by atoms with E-state index in [4.69, 9.17) is 10.5 Å². The van der Waals surface area contributed by atoms with Crippen molar-refractivity contribution >= 4 is 11.5 Å². The maximum absolute atomic E-state index is 5.63. The molecule has 1 unspecified atom stereocenters. The quantitative estimate of drug-likeness (QED) is 0.683. The van der Waals surface area contributed by atoms with E-state index in [0.717, 1.165) is 5.69 Å². The SMILES string of the molecule is COCC(N)c1csnn1. The standard InChI is InChI=1S/C5H9N3OS/c1-9-2-4(6)5-3-10-8-7-5/h3-4H,2,6H2,1H3. The van der Waals surface area contributed by atoms with Gasteiger partial charge in [-0.25, -0.2) is 0 Å². The number of hydrogen-bond acceptors (Lipinski definition) is 5.